The van der Waals surface area contributed by atoms with Crippen molar-refractivity contribution in [3.63, 3.8) is 0 Å². The molecule has 1 aromatic heterocycles. The quantitative estimate of drug-likeness (QED) is 0.662. The second kappa shape index (κ2) is 7.63. The van der Waals surface area contributed by atoms with Crippen molar-refractivity contribution in [2.24, 2.45) is 17.8 Å². The van der Waals surface area contributed by atoms with Gasteiger partial charge in [-0.05, 0) is 75.3 Å². The highest BCUT2D eigenvalue weighted by Gasteiger charge is 2.31. The van der Waals surface area contributed by atoms with Crippen molar-refractivity contribution in [1.82, 2.24) is 4.98 Å². The number of nitrogens with zero attached hydrogens (tertiary/aromatic N) is 1. The van der Waals surface area contributed by atoms with Gasteiger partial charge in [-0.15, -0.1) is 0 Å². The molecule has 0 N–H and O–H groups in total. The third-order valence-corrected chi connectivity index (χ3v) is 6.05. The zero-order valence-corrected chi connectivity index (χ0v) is 14.6. The molecule has 0 atom stereocenters. The number of pyridine rings is 1. The second-order valence-electron chi connectivity index (χ2n) is 7.59. The molecular weight excluding hydrogens is 289 g/mol. The smallest absolute Gasteiger partial charge is 0.255 e. The minimum absolute atomic E-state index is 0.279. The molecule has 0 unspecified atom stereocenters. The summed E-state index contributed by atoms with van der Waals surface area (Å²) in [5, 5.41) is 0. The van der Waals surface area contributed by atoms with Gasteiger partial charge in [0.05, 0.1) is 6.61 Å². The lowest BCUT2D eigenvalue weighted by Crippen LogP contribution is -2.25. The topological polar surface area (TPSA) is 22.1 Å². The second-order valence-corrected chi connectivity index (χ2v) is 7.59. The first-order chi connectivity index (χ1) is 11.2. The Morgan fingerprint density at radius 3 is 2.17 bits per heavy atom. The van der Waals surface area contributed by atoms with E-state index in [4.69, 9.17) is 4.74 Å². The molecule has 0 spiro atoms. The van der Waals surface area contributed by atoms with Crippen LogP contribution in [0.1, 0.15) is 76.8 Å². The molecule has 0 saturated heterocycles. The number of rotatable bonds is 4. The summed E-state index contributed by atoms with van der Waals surface area (Å²) in [5.74, 6) is 3.02. The Morgan fingerprint density at radius 1 is 1.00 bits per heavy atom. The molecule has 23 heavy (non-hydrogen) atoms. The van der Waals surface area contributed by atoms with Gasteiger partial charge in [-0.2, -0.15) is 4.39 Å². The van der Waals surface area contributed by atoms with Crippen LogP contribution in [0.3, 0.4) is 0 Å². The first-order valence-electron chi connectivity index (χ1n) is 9.46. The van der Waals surface area contributed by atoms with Crippen LogP contribution in [0.5, 0.6) is 5.75 Å². The molecule has 128 valence electrons. The average molecular weight is 319 g/mol. The van der Waals surface area contributed by atoms with Crippen molar-refractivity contribution in [2.45, 2.75) is 71.1 Å². The summed E-state index contributed by atoms with van der Waals surface area (Å²) >= 11 is 0. The van der Waals surface area contributed by atoms with Gasteiger partial charge in [0.15, 0.2) is 5.75 Å². The molecule has 3 rings (SSSR count). The van der Waals surface area contributed by atoms with E-state index in [0.717, 1.165) is 36.3 Å². The van der Waals surface area contributed by atoms with Crippen LogP contribution in [-0.4, -0.2) is 11.6 Å². The number of aromatic nitrogens is 1. The molecule has 3 heteroatoms. The summed E-state index contributed by atoms with van der Waals surface area (Å²) in [6.07, 6.45) is 10.6. The van der Waals surface area contributed by atoms with Crippen molar-refractivity contribution in [3.05, 3.63) is 23.8 Å². The number of ether oxygens (including phenoxy) is 1. The highest BCUT2D eigenvalue weighted by atomic mass is 19.1. The highest BCUT2D eigenvalue weighted by molar-refractivity contribution is 5.23. The van der Waals surface area contributed by atoms with Gasteiger partial charge in [0.1, 0.15) is 0 Å². The summed E-state index contributed by atoms with van der Waals surface area (Å²) in [4.78, 5) is 4.17. The summed E-state index contributed by atoms with van der Waals surface area (Å²) in [6.45, 7) is 4.73. The molecule has 2 nitrogen and oxygen atoms in total. The molecule has 0 amide bonds. The predicted octanol–water partition coefficient (Wildman–Crippen LogP) is 5.72. The Kier molecular flexibility index (Phi) is 5.55. The third kappa shape index (κ3) is 4.05. The van der Waals surface area contributed by atoms with E-state index in [0.29, 0.717) is 12.5 Å². The third-order valence-electron chi connectivity index (χ3n) is 6.05. The average Bonchev–Trinajstić information content (AvgIpc) is 2.58. The maximum Gasteiger partial charge on any atom is 0.255 e. The Labute approximate surface area is 139 Å². The minimum Gasteiger partial charge on any atom is -0.489 e. The standard InChI is InChI=1S/C20H30FNO/c1-3-23-19-13-12-18(22-20(19)21)17-10-8-16(9-11-17)15-6-4-14(2)5-7-15/h12-17H,3-11H2,1-2H3. The SMILES string of the molecule is CCOc1ccc(C2CCC(C3CCC(C)CC3)CC2)nc1F. The molecule has 2 aliphatic carbocycles. The van der Waals surface area contributed by atoms with E-state index < -0.39 is 5.95 Å². The van der Waals surface area contributed by atoms with Gasteiger partial charge < -0.3 is 4.74 Å². The fourth-order valence-electron chi connectivity index (χ4n) is 4.57. The van der Waals surface area contributed by atoms with Crippen molar-refractivity contribution >= 4 is 0 Å². The van der Waals surface area contributed by atoms with Gasteiger partial charge >= 0.3 is 0 Å². The summed E-state index contributed by atoms with van der Waals surface area (Å²) in [7, 11) is 0. The molecule has 2 saturated carbocycles. The molecule has 0 radical (unpaired) electrons. The van der Waals surface area contributed by atoms with E-state index in [-0.39, 0.29) is 5.75 Å². The number of hydrogen-bond donors (Lipinski definition) is 0. The predicted molar refractivity (Wildman–Crippen MR) is 91.2 cm³/mol. The van der Waals surface area contributed by atoms with Crippen molar-refractivity contribution in [2.75, 3.05) is 6.61 Å². The lowest BCUT2D eigenvalue weighted by molar-refractivity contribution is 0.164. The van der Waals surface area contributed by atoms with Crippen LogP contribution in [-0.2, 0) is 0 Å². The summed E-state index contributed by atoms with van der Waals surface area (Å²) < 4.78 is 19.2. The Hall–Kier alpha value is -1.12. The fourth-order valence-corrected chi connectivity index (χ4v) is 4.57. The number of hydrogen-bond acceptors (Lipinski definition) is 2. The lowest BCUT2D eigenvalue weighted by Gasteiger charge is -2.37. The van der Waals surface area contributed by atoms with Crippen LogP contribution in [0.25, 0.3) is 0 Å². The molecule has 1 heterocycles. The molecular formula is C20H30FNO. The normalized spacial score (nSPS) is 31.8. The van der Waals surface area contributed by atoms with E-state index in [1.165, 1.54) is 38.5 Å². The van der Waals surface area contributed by atoms with Crippen molar-refractivity contribution < 1.29 is 9.13 Å². The van der Waals surface area contributed by atoms with Crippen molar-refractivity contribution in [3.8, 4) is 5.75 Å². The lowest BCUT2D eigenvalue weighted by atomic mass is 9.69. The Bertz CT molecular complexity index is 502. The van der Waals surface area contributed by atoms with Crippen LogP contribution < -0.4 is 4.74 Å². The van der Waals surface area contributed by atoms with E-state index in [9.17, 15) is 4.39 Å². The van der Waals surface area contributed by atoms with Gasteiger partial charge in [-0.1, -0.05) is 19.8 Å². The van der Waals surface area contributed by atoms with E-state index in [1.807, 2.05) is 13.0 Å². The molecule has 2 fully saturated rings. The van der Waals surface area contributed by atoms with Gasteiger partial charge in [0.2, 0.25) is 0 Å². The van der Waals surface area contributed by atoms with E-state index >= 15 is 0 Å². The van der Waals surface area contributed by atoms with Crippen LogP contribution in [0, 0.1) is 23.7 Å². The Morgan fingerprint density at radius 2 is 1.61 bits per heavy atom. The van der Waals surface area contributed by atoms with Crippen LogP contribution >= 0.6 is 0 Å². The maximum absolute atomic E-state index is 14.0. The number of halogens is 1. The zero-order chi connectivity index (χ0) is 16.2. The Balaban J connectivity index is 1.55. The molecule has 1 aromatic rings. The molecule has 0 bridgehead atoms. The minimum atomic E-state index is -0.451. The van der Waals surface area contributed by atoms with Gasteiger partial charge in [0, 0.05) is 11.6 Å². The summed E-state index contributed by atoms with van der Waals surface area (Å²) in [5.41, 5.74) is 0.918. The highest BCUT2D eigenvalue weighted by Crippen LogP contribution is 2.43. The van der Waals surface area contributed by atoms with E-state index in [1.54, 1.807) is 6.07 Å². The van der Waals surface area contributed by atoms with Crippen molar-refractivity contribution in [1.29, 1.82) is 0 Å². The van der Waals surface area contributed by atoms with Gasteiger partial charge in [-0.3, -0.25) is 0 Å². The molecule has 0 aliphatic heterocycles. The monoisotopic (exact) mass is 319 g/mol. The molecule has 0 aromatic carbocycles. The fraction of sp³-hybridized carbons (Fsp3) is 0.750. The van der Waals surface area contributed by atoms with Gasteiger partial charge in [0.25, 0.3) is 5.95 Å². The maximum atomic E-state index is 14.0. The summed E-state index contributed by atoms with van der Waals surface area (Å²) in [6, 6.07) is 3.71. The zero-order valence-electron chi connectivity index (χ0n) is 14.6. The van der Waals surface area contributed by atoms with Crippen LogP contribution in [0.4, 0.5) is 4.39 Å². The van der Waals surface area contributed by atoms with E-state index in [2.05, 4.69) is 11.9 Å². The van der Waals surface area contributed by atoms with Crippen LogP contribution in [0.15, 0.2) is 12.1 Å². The molecule has 2 aliphatic rings. The first kappa shape index (κ1) is 16.7. The largest absolute Gasteiger partial charge is 0.489 e. The first-order valence-corrected chi connectivity index (χ1v) is 9.46. The van der Waals surface area contributed by atoms with Gasteiger partial charge in [-0.25, -0.2) is 4.98 Å². The van der Waals surface area contributed by atoms with Crippen LogP contribution in [0.2, 0.25) is 0 Å².